The third-order valence-corrected chi connectivity index (χ3v) is 3.71. The summed E-state index contributed by atoms with van der Waals surface area (Å²) in [7, 11) is 1.67. The number of aromatic amines is 1. The van der Waals surface area contributed by atoms with Crippen LogP contribution >= 0.6 is 0 Å². The third-order valence-electron chi connectivity index (χ3n) is 3.71. The fraction of sp³-hybridized carbons (Fsp3) is 0.438. The molecule has 0 spiro atoms. The highest BCUT2D eigenvalue weighted by molar-refractivity contribution is 5.99. The first-order valence-electron chi connectivity index (χ1n) is 6.85. The van der Waals surface area contributed by atoms with E-state index in [1.165, 1.54) is 0 Å². The zero-order chi connectivity index (χ0) is 14.3. The van der Waals surface area contributed by atoms with Crippen LogP contribution in [-0.2, 0) is 4.74 Å². The number of H-pyrrole nitrogens is 1. The van der Waals surface area contributed by atoms with Gasteiger partial charge in [-0.05, 0) is 29.7 Å². The van der Waals surface area contributed by atoms with Gasteiger partial charge in [-0.1, -0.05) is 20.8 Å². The van der Waals surface area contributed by atoms with Crippen LogP contribution in [0, 0.1) is 5.41 Å². The lowest BCUT2D eigenvalue weighted by atomic mass is 9.88. The lowest BCUT2D eigenvalue weighted by Gasteiger charge is -2.21. The van der Waals surface area contributed by atoms with Gasteiger partial charge in [-0.15, -0.1) is 0 Å². The zero-order valence-electron chi connectivity index (χ0n) is 12.4. The van der Waals surface area contributed by atoms with E-state index >= 15 is 0 Å². The second kappa shape index (κ2) is 4.54. The summed E-state index contributed by atoms with van der Waals surface area (Å²) in [5.41, 5.74) is 2.11. The Labute approximate surface area is 118 Å². The minimum atomic E-state index is 0.122. The maximum Gasteiger partial charge on any atom is 0.233 e. The summed E-state index contributed by atoms with van der Waals surface area (Å²) in [5.74, 6) is 1.56. The van der Waals surface area contributed by atoms with Gasteiger partial charge in [0, 0.05) is 10.9 Å². The second-order valence-corrected chi connectivity index (χ2v) is 6.26. The predicted octanol–water partition coefficient (Wildman–Crippen LogP) is 3.37. The second-order valence-electron chi connectivity index (χ2n) is 6.26. The van der Waals surface area contributed by atoms with E-state index in [1.807, 2.05) is 18.2 Å². The largest absolute Gasteiger partial charge is 0.497 e. The number of aliphatic imine (C=N–C) groups is 1. The number of rotatable bonds is 2. The van der Waals surface area contributed by atoms with Crippen LogP contribution in [0.5, 0.6) is 5.75 Å². The van der Waals surface area contributed by atoms with E-state index in [-0.39, 0.29) is 11.5 Å². The van der Waals surface area contributed by atoms with Gasteiger partial charge in [0.25, 0.3) is 0 Å². The summed E-state index contributed by atoms with van der Waals surface area (Å²) < 4.78 is 11.0. The van der Waals surface area contributed by atoms with Gasteiger partial charge in [0.05, 0.1) is 13.2 Å². The Hall–Kier alpha value is -1.97. The number of nitrogens with one attached hydrogen (secondary N) is 1. The number of ether oxygens (including phenoxy) is 2. The van der Waals surface area contributed by atoms with Gasteiger partial charge in [0.1, 0.15) is 18.1 Å². The van der Waals surface area contributed by atoms with Crippen molar-refractivity contribution in [2.24, 2.45) is 10.4 Å². The lowest BCUT2D eigenvalue weighted by molar-refractivity contribution is 0.235. The molecular formula is C16H20N2O2. The van der Waals surface area contributed by atoms with Crippen molar-refractivity contribution in [1.29, 1.82) is 0 Å². The van der Waals surface area contributed by atoms with Crippen LogP contribution in [0.3, 0.4) is 0 Å². The fourth-order valence-electron chi connectivity index (χ4n) is 2.32. The average Bonchev–Trinajstić information content (AvgIpc) is 3.03. The Kier molecular flexibility index (Phi) is 2.96. The first kappa shape index (κ1) is 13.0. The smallest absolute Gasteiger partial charge is 0.233 e. The molecule has 0 amide bonds. The molecule has 4 nitrogen and oxygen atoms in total. The summed E-state index contributed by atoms with van der Waals surface area (Å²) in [4.78, 5) is 8.05. The van der Waals surface area contributed by atoms with E-state index in [0.717, 1.165) is 22.3 Å². The maximum absolute atomic E-state index is 5.75. The van der Waals surface area contributed by atoms with Crippen molar-refractivity contribution in [3.8, 4) is 5.75 Å². The SMILES string of the molecule is COc1ccc2[nH]c(C3=NC(C(C)(C)C)CO3)cc2c1. The number of hydrogen-bond acceptors (Lipinski definition) is 3. The molecule has 1 atom stereocenters. The molecule has 4 heteroatoms. The van der Waals surface area contributed by atoms with Crippen LogP contribution < -0.4 is 4.74 Å². The van der Waals surface area contributed by atoms with Crippen molar-refractivity contribution in [3.05, 3.63) is 30.0 Å². The van der Waals surface area contributed by atoms with Gasteiger partial charge in [-0.3, -0.25) is 0 Å². The first-order chi connectivity index (χ1) is 9.47. The monoisotopic (exact) mass is 272 g/mol. The van der Waals surface area contributed by atoms with E-state index < -0.39 is 0 Å². The van der Waals surface area contributed by atoms with E-state index in [0.29, 0.717) is 12.5 Å². The minimum absolute atomic E-state index is 0.122. The van der Waals surface area contributed by atoms with Crippen LogP contribution in [0.2, 0.25) is 0 Å². The maximum atomic E-state index is 5.75. The summed E-state index contributed by atoms with van der Waals surface area (Å²) in [6.07, 6.45) is 0. The predicted molar refractivity (Wildman–Crippen MR) is 80.6 cm³/mol. The molecule has 0 aliphatic carbocycles. The molecule has 0 saturated carbocycles. The van der Waals surface area contributed by atoms with Crippen LogP contribution in [0.25, 0.3) is 10.9 Å². The van der Waals surface area contributed by atoms with Gasteiger partial charge in [-0.2, -0.15) is 0 Å². The van der Waals surface area contributed by atoms with E-state index in [2.05, 4.69) is 31.8 Å². The molecule has 2 heterocycles. The molecule has 20 heavy (non-hydrogen) atoms. The number of fused-ring (bicyclic) bond motifs is 1. The number of methoxy groups -OCH3 is 1. The summed E-state index contributed by atoms with van der Waals surface area (Å²) in [6.45, 7) is 7.20. The van der Waals surface area contributed by atoms with Crippen molar-refractivity contribution in [3.63, 3.8) is 0 Å². The minimum Gasteiger partial charge on any atom is -0.497 e. The van der Waals surface area contributed by atoms with E-state index in [1.54, 1.807) is 7.11 Å². The van der Waals surface area contributed by atoms with Crippen LogP contribution in [0.4, 0.5) is 0 Å². The van der Waals surface area contributed by atoms with Crippen molar-refractivity contribution >= 4 is 16.8 Å². The summed E-state index contributed by atoms with van der Waals surface area (Å²) in [6, 6.07) is 8.22. The highest BCUT2D eigenvalue weighted by Crippen LogP contribution is 2.28. The molecule has 1 aliphatic rings. The Morgan fingerprint density at radius 2 is 2.10 bits per heavy atom. The van der Waals surface area contributed by atoms with Crippen LogP contribution in [0.1, 0.15) is 26.5 Å². The van der Waals surface area contributed by atoms with Crippen molar-refractivity contribution in [1.82, 2.24) is 4.98 Å². The van der Waals surface area contributed by atoms with Gasteiger partial charge < -0.3 is 14.5 Å². The van der Waals surface area contributed by atoms with Crippen molar-refractivity contribution in [2.45, 2.75) is 26.8 Å². The molecule has 2 aromatic rings. The molecule has 1 aromatic carbocycles. The van der Waals surface area contributed by atoms with Gasteiger partial charge >= 0.3 is 0 Å². The summed E-state index contributed by atoms with van der Waals surface area (Å²) >= 11 is 0. The molecule has 1 unspecified atom stereocenters. The normalized spacial score (nSPS) is 19.0. The summed E-state index contributed by atoms with van der Waals surface area (Å²) in [5, 5.41) is 1.10. The third kappa shape index (κ3) is 2.26. The molecule has 0 bridgehead atoms. The molecule has 1 N–H and O–H groups in total. The zero-order valence-corrected chi connectivity index (χ0v) is 12.4. The molecule has 1 aliphatic heterocycles. The van der Waals surface area contributed by atoms with Crippen molar-refractivity contribution < 1.29 is 9.47 Å². The van der Waals surface area contributed by atoms with Gasteiger partial charge in [0.15, 0.2) is 0 Å². The number of nitrogens with zero attached hydrogens (tertiary/aromatic N) is 1. The Balaban J connectivity index is 1.95. The molecule has 3 rings (SSSR count). The molecule has 0 fully saturated rings. The highest BCUT2D eigenvalue weighted by Gasteiger charge is 2.31. The van der Waals surface area contributed by atoms with Gasteiger partial charge in [-0.25, -0.2) is 4.99 Å². The Morgan fingerprint density at radius 1 is 1.30 bits per heavy atom. The standard InChI is InChI=1S/C16H20N2O2/c1-16(2,3)14-9-20-15(18-14)13-8-10-7-11(19-4)5-6-12(10)17-13/h5-8,14,17H,9H2,1-4H3. The highest BCUT2D eigenvalue weighted by atomic mass is 16.5. The quantitative estimate of drug-likeness (QED) is 0.911. The van der Waals surface area contributed by atoms with E-state index in [4.69, 9.17) is 14.5 Å². The topological polar surface area (TPSA) is 46.6 Å². The fourth-order valence-corrected chi connectivity index (χ4v) is 2.32. The molecule has 0 saturated heterocycles. The molecular weight excluding hydrogens is 252 g/mol. The first-order valence-corrected chi connectivity index (χ1v) is 6.85. The van der Waals surface area contributed by atoms with Crippen LogP contribution in [0.15, 0.2) is 29.3 Å². The number of benzene rings is 1. The lowest BCUT2D eigenvalue weighted by Crippen LogP contribution is -2.25. The number of aromatic nitrogens is 1. The number of hydrogen-bond donors (Lipinski definition) is 1. The molecule has 0 radical (unpaired) electrons. The van der Waals surface area contributed by atoms with Crippen LogP contribution in [-0.4, -0.2) is 30.6 Å². The Bertz CT molecular complexity index is 665. The molecule has 106 valence electrons. The Morgan fingerprint density at radius 3 is 2.75 bits per heavy atom. The molecule has 1 aromatic heterocycles. The van der Waals surface area contributed by atoms with Gasteiger partial charge in [0.2, 0.25) is 5.90 Å². The van der Waals surface area contributed by atoms with E-state index in [9.17, 15) is 0 Å². The average molecular weight is 272 g/mol. The van der Waals surface area contributed by atoms with Crippen molar-refractivity contribution in [2.75, 3.05) is 13.7 Å².